The number of piperazine rings is 1. The van der Waals surface area contributed by atoms with Crippen LogP contribution in [0.4, 0.5) is 11.4 Å². The summed E-state index contributed by atoms with van der Waals surface area (Å²) in [5.41, 5.74) is 1.07. The van der Waals surface area contributed by atoms with E-state index in [2.05, 4.69) is 4.90 Å². The van der Waals surface area contributed by atoms with Crippen molar-refractivity contribution < 1.29 is 14.5 Å². The van der Waals surface area contributed by atoms with Crippen LogP contribution in [0.2, 0.25) is 5.02 Å². The molecule has 0 atom stereocenters. The van der Waals surface area contributed by atoms with Crippen LogP contribution in [0.3, 0.4) is 0 Å². The Kier molecular flexibility index (Phi) is 5.58. The molecule has 0 bridgehead atoms. The van der Waals surface area contributed by atoms with Gasteiger partial charge in [-0.25, -0.2) is 0 Å². The minimum atomic E-state index is -0.477. The van der Waals surface area contributed by atoms with E-state index in [0.717, 1.165) is 18.8 Å². The van der Waals surface area contributed by atoms with Crippen molar-refractivity contribution in [1.82, 2.24) is 4.90 Å². The predicted molar refractivity (Wildman–Crippen MR) is 98.8 cm³/mol. The van der Waals surface area contributed by atoms with Crippen LogP contribution >= 0.6 is 11.6 Å². The molecule has 136 valence electrons. The third-order valence-corrected chi connectivity index (χ3v) is 4.49. The number of nitrogens with zero attached hydrogens (tertiary/aromatic N) is 3. The molecule has 0 aliphatic carbocycles. The number of anilines is 1. The Morgan fingerprint density at radius 3 is 2.23 bits per heavy atom. The van der Waals surface area contributed by atoms with Gasteiger partial charge in [-0.15, -0.1) is 0 Å². The molecule has 0 aromatic heterocycles. The van der Waals surface area contributed by atoms with E-state index in [1.54, 1.807) is 4.90 Å². The molecule has 0 N–H and O–H groups in total. The van der Waals surface area contributed by atoms with Crippen LogP contribution in [0.15, 0.2) is 48.5 Å². The molecule has 0 unspecified atom stereocenters. The van der Waals surface area contributed by atoms with E-state index in [9.17, 15) is 14.9 Å². The molecule has 3 rings (SSSR count). The molecular formula is C18H18ClN3O4. The lowest BCUT2D eigenvalue weighted by atomic mass is 10.2. The monoisotopic (exact) mass is 375 g/mol. The van der Waals surface area contributed by atoms with E-state index in [1.165, 1.54) is 24.3 Å². The van der Waals surface area contributed by atoms with Crippen molar-refractivity contribution in [2.24, 2.45) is 0 Å². The Labute approximate surface area is 155 Å². The van der Waals surface area contributed by atoms with Gasteiger partial charge >= 0.3 is 0 Å². The molecule has 1 aliphatic heterocycles. The van der Waals surface area contributed by atoms with E-state index in [-0.39, 0.29) is 18.2 Å². The van der Waals surface area contributed by atoms with Gasteiger partial charge in [0.2, 0.25) is 0 Å². The van der Waals surface area contributed by atoms with Gasteiger partial charge in [-0.1, -0.05) is 11.6 Å². The Balaban J connectivity index is 1.47. The first kappa shape index (κ1) is 18.0. The van der Waals surface area contributed by atoms with Crippen molar-refractivity contribution in [3.05, 3.63) is 63.7 Å². The van der Waals surface area contributed by atoms with E-state index in [0.29, 0.717) is 23.9 Å². The predicted octanol–water partition coefficient (Wildman–Crippen LogP) is 2.98. The third kappa shape index (κ3) is 4.43. The Hall–Kier alpha value is -2.80. The van der Waals surface area contributed by atoms with Crippen LogP contribution in [0.25, 0.3) is 0 Å². The lowest BCUT2D eigenvalue weighted by Crippen LogP contribution is -2.50. The normalized spacial score (nSPS) is 14.2. The molecule has 0 radical (unpaired) electrons. The molecule has 1 fully saturated rings. The van der Waals surface area contributed by atoms with Gasteiger partial charge in [-0.3, -0.25) is 14.9 Å². The summed E-state index contributed by atoms with van der Waals surface area (Å²) < 4.78 is 5.44. The average molecular weight is 376 g/mol. The maximum Gasteiger partial charge on any atom is 0.269 e. The first-order valence-corrected chi connectivity index (χ1v) is 8.56. The molecule has 0 saturated carbocycles. The summed E-state index contributed by atoms with van der Waals surface area (Å²) in [6.07, 6.45) is 0. The van der Waals surface area contributed by atoms with Gasteiger partial charge in [0.05, 0.1) is 4.92 Å². The van der Waals surface area contributed by atoms with Crippen LogP contribution in [0.1, 0.15) is 0 Å². The number of nitro groups is 1. The van der Waals surface area contributed by atoms with Crippen LogP contribution in [0, 0.1) is 10.1 Å². The smallest absolute Gasteiger partial charge is 0.269 e. The molecule has 1 heterocycles. The number of amides is 1. The summed E-state index contributed by atoms with van der Waals surface area (Å²) in [7, 11) is 0. The van der Waals surface area contributed by atoms with Crippen molar-refractivity contribution in [2.45, 2.75) is 0 Å². The molecule has 0 spiro atoms. The highest BCUT2D eigenvalue weighted by Crippen LogP contribution is 2.20. The highest BCUT2D eigenvalue weighted by molar-refractivity contribution is 6.30. The lowest BCUT2D eigenvalue weighted by Gasteiger charge is -2.36. The number of hydrogen-bond acceptors (Lipinski definition) is 5. The van der Waals surface area contributed by atoms with Gasteiger partial charge in [-0.05, 0) is 36.4 Å². The number of ether oxygens (including phenoxy) is 1. The second kappa shape index (κ2) is 8.05. The van der Waals surface area contributed by atoms with Crippen LogP contribution in [-0.2, 0) is 4.79 Å². The summed E-state index contributed by atoms with van der Waals surface area (Å²) in [4.78, 5) is 26.4. The first-order valence-electron chi connectivity index (χ1n) is 8.18. The molecular weight excluding hydrogens is 358 g/mol. The summed E-state index contributed by atoms with van der Waals surface area (Å²) in [6.45, 7) is 2.63. The summed E-state index contributed by atoms with van der Waals surface area (Å²) >= 11 is 5.91. The second-order valence-corrected chi connectivity index (χ2v) is 6.32. The third-order valence-electron chi connectivity index (χ3n) is 4.23. The molecule has 26 heavy (non-hydrogen) atoms. The highest BCUT2D eigenvalue weighted by atomic mass is 35.5. The SMILES string of the molecule is O=C(COc1ccc([N+](=O)[O-])cc1)N1CCN(c2ccc(Cl)cc2)CC1. The minimum absolute atomic E-state index is 0.0120. The topological polar surface area (TPSA) is 75.9 Å². The number of carbonyl (C=O) groups excluding carboxylic acids is 1. The summed E-state index contributed by atoms with van der Waals surface area (Å²) in [5.74, 6) is 0.336. The summed E-state index contributed by atoms with van der Waals surface area (Å²) in [6, 6.07) is 13.3. The van der Waals surface area contributed by atoms with Gasteiger partial charge in [0.1, 0.15) is 5.75 Å². The first-order chi connectivity index (χ1) is 12.5. The van der Waals surface area contributed by atoms with Crippen molar-refractivity contribution in [2.75, 3.05) is 37.7 Å². The number of nitro benzene ring substituents is 1. The van der Waals surface area contributed by atoms with Gasteiger partial charge < -0.3 is 14.5 Å². The fourth-order valence-electron chi connectivity index (χ4n) is 2.77. The van der Waals surface area contributed by atoms with E-state index >= 15 is 0 Å². The van der Waals surface area contributed by atoms with Gasteiger partial charge in [-0.2, -0.15) is 0 Å². The largest absolute Gasteiger partial charge is 0.484 e. The fourth-order valence-corrected chi connectivity index (χ4v) is 2.89. The number of rotatable bonds is 5. The summed E-state index contributed by atoms with van der Waals surface area (Å²) in [5, 5.41) is 11.3. The molecule has 8 heteroatoms. The van der Waals surface area contributed by atoms with Crippen molar-refractivity contribution in [1.29, 1.82) is 0 Å². The second-order valence-electron chi connectivity index (χ2n) is 5.88. The van der Waals surface area contributed by atoms with Gasteiger partial charge in [0.15, 0.2) is 6.61 Å². The minimum Gasteiger partial charge on any atom is -0.484 e. The maximum absolute atomic E-state index is 12.3. The Morgan fingerprint density at radius 1 is 1.04 bits per heavy atom. The standard InChI is InChI=1S/C18H18ClN3O4/c19-14-1-3-15(4-2-14)20-9-11-21(12-10-20)18(23)13-26-17-7-5-16(6-8-17)22(24)25/h1-8H,9-13H2. The number of non-ortho nitro benzene ring substituents is 1. The zero-order valence-corrected chi connectivity index (χ0v) is 14.8. The molecule has 1 aliphatic rings. The number of carbonyl (C=O) groups is 1. The van der Waals surface area contributed by atoms with Gasteiger partial charge in [0, 0.05) is 49.0 Å². The van der Waals surface area contributed by atoms with E-state index in [4.69, 9.17) is 16.3 Å². The zero-order valence-electron chi connectivity index (χ0n) is 14.0. The fraction of sp³-hybridized carbons (Fsp3) is 0.278. The lowest BCUT2D eigenvalue weighted by molar-refractivity contribution is -0.384. The zero-order chi connectivity index (χ0) is 18.5. The quantitative estimate of drug-likeness (QED) is 0.593. The maximum atomic E-state index is 12.3. The van der Waals surface area contributed by atoms with Gasteiger partial charge in [0.25, 0.3) is 11.6 Å². The molecule has 7 nitrogen and oxygen atoms in total. The van der Waals surface area contributed by atoms with Crippen LogP contribution in [0.5, 0.6) is 5.75 Å². The van der Waals surface area contributed by atoms with Crippen LogP contribution < -0.4 is 9.64 Å². The van der Waals surface area contributed by atoms with Crippen molar-refractivity contribution >= 4 is 28.9 Å². The number of benzene rings is 2. The Morgan fingerprint density at radius 2 is 1.65 bits per heavy atom. The number of halogens is 1. The molecule has 1 amide bonds. The molecule has 2 aromatic carbocycles. The number of hydrogen-bond donors (Lipinski definition) is 0. The average Bonchev–Trinajstić information content (AvgIpc) is 2.67. The van der Waals surface area contributed by atoms with Crippen molar-refractivity contribution in [3.8, 4) is 5.75 Å². The highest BCUT2D eigenvalue weighted by Gasteiger charge is 2.21. The molecule has 1 saturated heterocycles. The van der Waals surface area contributed by atoms with E-state index < -0.39 is 4.92 Å². The van der Waals surface area contributed by atoms with Crippen molar-refractivity contribution in [3.63, 3.8) is 0 Å². The Bertz CT molecular complexity index is 772. The van der Waals surface area contributed by atoms with E-state index in [1.807, 2.05) is 24.3 Å². The van der Waals surface area contributed by atoms with Crippen LogP contribution in [-0.4, -0.2) is 48.5 Å². The molecule has 2 aromatic rings.